The Kier molecular flexibility index (Phi) is 8.10. The summed E-state index contributed by atoms with van der Waals surface area (Å²) in [5.74, 6) is -1.26. The number of carbonyl (C=O) groups excluding carboxylic acids is 1. The number of hydrogen-bond donors (Lipinski definition) is 1. The molecule has 2 rings (SSSR count). The second-order valence-corrected chi connectivity index (χ2v) is 8.08. The highest BCUT2D eigenvalue weighted by Crippen LogP contribution is 2.15. The van der Waals surface area contributed by atoms with E-state index in [0.29, 0.717) is 19.6 Å². The summed E-state index contributed by atoms with van der Waals surface area (Å²) < 4.78 is 46.8. The van der Waals surface area contributed by atoms with Crippen LogP contribution >= 0.6 is 0 Å². The first-order chi connectivity index (χ1) is 13.3. The topological polar surface area (TPSA) is 75.7 Å². The Morgan fingerprint density at radius 2 is 1.79 bits per heavy atom. The summed E-state index contributed by atoms with van der Waals surface area (Å²) in [6, 6.07) is 13.1. The summed E-state index contributed by atoms with van der Waals surface area (Å²) >= 11 is 0. The first kappa shape index (κ1) is 22.0. The quantitative estimate of drug-likeness (QED) is 0.612. The molecular weight excluding hydrogens is 383 g/mol. The normalized spacial score (nSPS) is 12.5. The third kappa shape index (κ3) is 6.12. The first-order valence-corrected chi connectivity index (χ1v) is 10.4. The van der Waals surface area contributed by atoms with Gasteiger partial charge in [-0.3, -0.25) is 4.79 Å². The van der Waals surface area contributed by atoms with Crippen LogP contribution in [0.15, 0.2) is 59.5 Å². The maximum atomic E-state index is 14.0. The number of carbonyl (C=O) groups is 1. The molecule has 0 saturated carbocycles. The number of benzene rings is 2. The van der Waals surface area contributed by atoms with E-state index in [1.54, 1.807) is 14.2 Å². The highest BCUT2D eigenvalue weighted by Gasteiger charge is 2.29. The van der Waals surface area contributed by atoms with Crippen molar-refractivity contribution in [1.82, 2.24) is 9.62 Å². The molecule has 2 aromatic carbocycles. The number of nitrogens with zero attached hydrogens (tertiary/aromatic N) is 1. The molecule has 152 valence electrons. The second kappa shape index (κ2) is 10.3. The van der Waals surface area contributed by atoms with E-state index in [9.17, 15) is 17.6 Å². The molecule has 1 atom stereocenters. The van der Waals surface area contributed by atoms with E-state index in [0.717, 1.165) is 11.6 Å². The Morgan fingerprint density at radius 1 is 1.14 bits per heavy atom. The van der Waals surface area contributed by atoms with Crippen LogP contribution in [0.4, 0.5) is 4.39 Å². The van der Waals surface area contributed by atoms with Crippen molar-refractivity contribution in [3.8, 4) is 0 Å². The Bertz CT molecular complexity index is 875. The molecule has 28 heavy (non-hydrogen) atoms. The molecule has 0 spiro atoms. The van der Waals surface area contributed by atoms with Gasteiger partial charge in [0, 0.05) is 27.3 Å². The Morgan fingerprint density at radius 3 is 2.43 bits per heavy atom. The van der Waals surface area contributed by atoms with Crippen LogP contribution in [-0.4, -0.2) is 52.6 Å². The zero-order valence-electron chi connectivity index (χ0n) is 16.0. The SMILES string of the molecule is COCCCN(C)C(=O)[C@H](Cc1ccccc1)NS(=O)(=O)c1ccccc1F. The van der Waals surface area contributed by atoms with Crippen LogP contribution in [0.2, 0.25) is 0 Å². The third-order valence-corrected chi connectivity index (χ3v) is 5.73. The van der Waals surface area contributed by atoms with Crippen LogP contribution in [0, 0.1) is 5.82 Å². The predicted octanol–water partition coefficient (Wildman–Crippen LogP) is 2.21. The zero-order valence-corrected chi connectivity index (χ0v) is 16.8. The lowest BCUT2D eigenvalue weighted by Crippen LogP contribution is -2.48. The Labute approximate surface area is 165 Å². The van der Waals surface area contributed by atoms with Crippen molar-refractivity contribution in [3.05, 3.63) is 66.0 Å². The van der Waals surface area contributed by atoms with E-state index >= 15 is 0 Å². The minimum atomic E-state index is -4.21. The van der Waals surface area contributed by atoms with Crippen molar-refractivity contribution in [2.75, 3.05) is 27.3 Å². The maximum absolute atomic E-state index is 14.0. The zero-order chi connectivity index (χ0) is 20.6. The van der Waals surface area contributed by atoms with Gasteiger partial charge < -0.3 is 9.64 Å². The average Bonchev–Trinajstić information content (AvgIpc) is 2.68. The Hall–Kier alpha value is -2.29. The molecule has 0 aliphatic carbocycles. The number of halogens is 1. The van der Waals surface area contributed by atoms with Gasteiger partial charge in [0.1, 0.15) is 16.8 Å². The fraction of sp³-hybridized carbons (Fsp3) is 0.350. The van der Waals surface area contributed by atoms with Crippen LogP contribution in [0.5, 0.6) is 0 Å². The minimum Gasteiger partial charge on any atom is -0.385 e. The number of likely N-dealkylation sites (N-methyl/N-ethyl adjacent to an activating group) is 1. The minimum absolute atomic E-state index is 0.155. The molecule has 2 aromatic rings. The molecule has 1 amide bonds. The average molecular weight is 408 g/mol. The van der Waals surface area contributed by atoms with E-state index in [2.05, 4.69) is 4.72 Å². The van der Waals surface area contributed by atoms with Gasteiger partial charge in [0.15, 0.2) is 0 Å². The maximum Gasteiger partial charge on any atom is 0.244 e. The van der Waals surface area contributed by atoms with Crippen molar-refractivity contribution >= 4 is 15.9 Å². The molecule has 0 saturated heterocycles. The lowest BCUT2D eigenvalue weighted by atomic mass is 10.1. The fourth-order valence-electron chi connectivity index (χ4n) is 2.76. The second-order valence-electron chi connectivity index (χ2n) is 6.40. The molecule has 0 fully saturated rings. The van der Waals surface area contributed by atoms with Gasteiger partial charge in [-0.2, -0.15) is 4.72 Å². The number of nitrogens with one attached hydrogen (secondary N) is 1. The molecular formula is C20H25FN2O4S. The number of sulfonamides is 1. The van der Waals surface area contributed by atoms with Crippen molar-refractivity contribution < 1.29 is 22.3 Å². The molecule has 0 bridgehead atoms. The van der Waals surface area contributed by atoms with Crippen LogP contribution in [0.25, 0.3) is 0 Å². The molecule has 0 aliphatic heterocycles. The van der Waals surface area contributed by atoms with Crippen LogP contribution in [-0.2, 0) is 26.0 Å². The van der Waals surface area contributed by atoms with Gasteiger partial charge >= 0.3 is 0 Å². The molecule has 1 N–H and O–H groups in total. The summed E-state index contributed by atoms with van der Waals surface area (Å²) in [6.07, 6.45) is 0.777. The van der Waals surface area contributed by atoms with E-state index in [1.807, 2.05) is 30.3 Å². The molecule has 0 aromatic heterocycles. The molecule has 8 heteroatoms. The van der Waals surface area contributed by atoms with Gasteiger partial charge in [-0.1, -0.05) is 42.5 Å². The lowest BCUT2D eigenvalue weighted by Gasteiger charge is -2.25. The van der Waals surface area contributed by atoms with Gasteiger partial charge in [0.25, 0.3) is 0 Å². The highest BCUT2D eigenvalue weighted by molar-refractivity contribution is 7.89. The summed E-state index contributed by atoms with van der Waals surface area (Å²) in [4.78, 5) is 13.9. The molecule has 0 radical (unpaired) electrons. The van der Waals surface area contributed by atoms with Crippen molar-refractivity contribution in [2.24, 2.45) is 0 Å². The largest absolute Gasteiger partial charge is 0.385 e. The van der Waals surface area contributed by atoms with Crippen LogP contribution < -0.4 is 4.72 Å². The van der Waals surface area contributed by atoms with Crippen LogP contribution in [0.1, 0.15) is 12.0 Å². The van der Waals surface area contributed by atoms with E-state index < -0.39 is 26.8 Å². The molecule has 0 heterocycles. The number of ether oxygens (including phenoxy) is 1. The Balaban J connectivity index is 2.25. The third-order valence-electron chi connectivity index (χ3n) is 4.22. The first-order valence-electron chi connectivity index (χ1n) is 8.90. The molecule has 0 unspecified atom stereocenters. The number of rotatable bonds is 10. The fourth-order valence-corrected chi connectivity index (χ4v) is 4.03. The summed E-state index contributed by atoms with van der Waals surface area (Å²) in [5, 5.41) is 0. The van der Waals surface area contributed by atoms with Gasteiger partial charge in [0.05, 0.1) is 0 Å². The lowest BCUT2D eigenvalue weighted by molar-refractivity contribution is -0.131. The van der Waals surface area contributed by atoms with E-state index in [4.69, 9.17) is 4.74 Å². The summed E-state index contributed by atoms with van der Waals surface area (Å²) in [7, 11) is -1.03. The smallest absolute Gasteiger partial charge is 0.244 e. The highest BCUT2D eigenvalue weighted by atomic mass is 32.2. The predicted molar refractivity (Wildman–Crippen MR) is 105 cm³/mol. The summed E-state index contributed by atoms with van der Waals surface area (Å²) in [5.41, 5.74) is 0.794. The van der Waals surface area contributed by atoms with Crippen molar-refractivity contribution in [2.45, 2.75) is 23.8 Å². The number of hydrogen-bond acceptors (Lipinski definition) is 4. The van der Waals surface area contributed by atoms with Crippen LogP contribution in [0.3, 0.4) is 0 Å². The molecule has 6 nitrogen and oxygen atoms in total. The van der Waals surface area contributed by atoms with E-state index in [1.165, 1.54) is 23.1 Å². The monoisotopic (exact) mass is 408 g/mol. The molecule has 0 aliphatic rings. The number of amides is 1. The number of methoxy groups -OCH3 is 1. The standard InChI is InChI=1S/C20H25FN2O4S/c1-23(13-8-14-27-2)20(24)18(15-16-9-4-3-5-10-16)22-28(25,26)19-12-7-6-11-17(19)21/h3-7,9-12,18,22H,8,13-15H2,1-2H3/t18-/m0/s1. The van der Waals surface area contributed by atoms with E-state index in [-0.39, 0.29) is 12.3 Å². The van der Waals surface area contributed by atoms with Crippen molar-refractivity contribution in [1.29, 1.82) is 0 Å². The van der Waals surface area contributed by atoms with Gasteiger partial charge in [-0.15, -0.1) is 0 Å². The van der Waals surface area contributed by atoms with Gasteiger partial charge in [-0.05, 0) is 30.5 Å². The summed E-state index contributed by atoms with van der Waals surface area (Å²) in [6.45, 7) is 0.904. The van der Waals surface area contributed by atoms with Crippen molar-refractivity contribution in [3.63, 3.8) is 0 Å². The van der Waals surface area contributed by atoms with Gasteiger partial charge in [0.2, 0.25) is 15.9 Å². The van der Waals surface area contributed by atoms with Gasteiger partial charge in [-0.25, -0.2) is 12.8 Å².